The number of aliphatic hydroxyl groups is 1. The Bertz CT molecular complexity index is 507. The molecule has 1 N–H and O–H groups in total. The first-order valence-electron chi connectivity index (χ1n) is 11.8. The first kappa shape index (κ1) is 23.0. The Morgan fingerprint density at radius 1 is 1.10 bits per heavy atom. The molecule has 0 radical (unpaired) electrons. The molecule has 0 aromatic heterocycles. The van der Waals surface area contributed by atoms with Crippen LogP contribution >= 0.6 is 0 Å². The molecule has 5 heteroatoms. The maximum Gasteiger partial charge on any atom is 0.158 e. The summed E-state index contributed by atoms with van der Waals surface area (Å²) in [7, 11) is 0. The van der Waals surface area contributed by atoms with E-state index in [1.54, 1.807) is 0 Å². The predicted molar refractivity (Wildman–Crippen MR) is 113 cm³/mol. The molecule has 0 spiro atoms. The SMILES string of the molecule is C=C1[C@H](O)C[C@@H](OC2CCCCO2)[C@@H]1C=C[C@H](CCCCC)OC1CCCCO1. The van der Waals surface area contributed by atoms with Crippen LogP contribution in [-0.2, 0) is 18.9 Å². The molecule has 2 unspecified atom stereocenters. The molecule has 29 heavy (non-hydrogen) atoms. The summed E-state index contributed by atoms with van der Waals surface area (Å²) in [4.78, 5) is 0. The van der Waals surface area contributed by atoms with Gasteiger partial charge in [0.2, 0.25) is 0 Å². The number of hydrogen-bond acceptors (Lipinski definition) is 5. The van der Waals surface area contributed by atoms with Crippen LogP contribution in [0.3, 0.4) is 0 Å². The molecule has 5 nitrogen and oxygen atoms in total. The van der Waals surface area contributed by atoms with E-state index in [2.05, 4.69) is 25.7 Å². The zero-order valence-electron chi connectivity index (χ0n) is 18.1. The minimum absolute atomic E-state index is 0.0000703. The third kappa shape index (κ3) is 7.18. The smallest absolute Gasteiger partial charge is 0.158 e. The summed E-state index contributed by atoms with van der Waals surface area (Å²) in [6.45, 7) is 7.91. The lowest BCUT2D eigenvalue weighted by Crippen LogP contribution is -2.30. The van der Waals surface area contributed by atoms with Gasteiger partial charge in [0.15, 0.2) is 12.6 Å². The molecule has 6 atom stereocenters. The van der Waals surface area contributed by atoms with Crippen molar-refractivity contribution in [3.05, 3.63) is 24.3 Å². The lowest BCUT2D eigenvalue weighted by molar-refractivity contribution is -0.191. The van der Waals surface area contributed by atoms with Gasteiger partial charge in [0, 0.05) is 25.6 Å². The van der Waals surface area contributed by atoms with Gasteiger partial charge in [-0.25, -0.2) is 0 Å². The zero-order chi connectivity index (χ0) is 20.5. The van der Waals surface area contributed by atoms with Crippen molar-refractivity contribution in [1.29, 1.82) is 0 Å². The predicted octanol–water partition coefficient (Wildman–Crippen LogP) is 4.88. The number of aliphatic hydroxyl groups excluding tert-OH is 1. The summed E-state index contributed by atoms with van der Waals surface area (Å²) in [5.41, 5.74) is 0.836. The lowest BCUT2D eigenvalue weighted by Gasteiger charge is -2.28. The molecular formula is C24H40O5. The van der Waals surface area contributed by atoms with Crippen LogP contribution in [-0.4, -0.2) is 49.2 Å². The molecule has 3 rings (SSSR count). The minimum atomic E-state index is -0.514. The Balaban J connectivity index is 1.60. The Hall–Kier alpha value is -0.720. The summed E-state index contributed by atoms with van der Waals surface area (Å²) in [6, 6.07) is 0. The number of rotatable bonds is 10. The largest absolute Gasteiger partial charge is 0.389 e. The van der Waals surface area contributed by atoms with Crippen LogP contribution in [0.1, 0.15) is 77.6 Å². The van der Waals surface area contributed by atoms with Gasteiger partial charge in [0.1, 0.15) is 0 Å². The molecular weight excluding hydrogens is 368 g/mol. The molecule has 1 saturated carbocycles. The molecule has 166 valence electrons. The Kier molecular flexibility index (Phi) is 9.67. The number of hydrogen-bond donors (Lipinski definition) is 1. The van der Waals surface area contributed by atoms with Crippen LogP contribution in [0.4, 0.5) is 0 Å². The molecule has 3 fully saturated rings. The van der Waals surface area contributed by atoms with Gasteiger partial charge in [-0.3, -0.25) is 0 Å². The number of ether oxygens (including phenoxy) is 4. The van der Waals surface area contributed by atoms with E-state index in [9.17, 15) is 5.11 Å². The topological polar surface area (TPSA) is 57.2 Å². The lowest BCUT2D eigenvalue weighted by atomic mass is 9.99. The van der Waals surface area contributed by atoms with Gasteiger partial charge < -0.3 is 24.1 Å². The first-order valence-corrected chi connectivity index (χ1v) is 11.8. The maximum absolute atomic E-state index is 10.4. The Morgan fingerprint density at radius 2 is 1.83 bits per heavy atom. The summed E-state index contributed by atoms with van der Waals surface area (Å²) in [6.07, 6.45) is 15.0. The monoisotopic (exact) mass is 408 g/mol. The van der Waals surface area contributed by atoms with Crippen molar-refractivity contribution in [2.75, 3.05) is 13.2 Å². The van der Waals surface area contributed by atoms with Crippen molar-refractivity contribution < 1.29 is 24.1 Å². The summed E-state index contributed by atoms with van der Waals surface area (Å²) >= 11 is 0. The molecule has 0 aromatic rings. The van der Waals surface area contributed by atoms with Gasteiger partial charge in [-0.05, 0) is 50.5 Å². The quantitative estimate of drug-likeness (QED) is 0.412. The van der Waals surface area contributed by atoms with E-state index in [0.29, 0.717) is 6.42 Å². The van der Waals surface area contributed by atoms with Crippen molar-refractivity contribution in [3.63, 3.8) is 0 Å². The van der Waals surface area contributed by atoms with Crippen molar-refractivity contribution in [2.45, 2.75) is 108 Å². The first-order chi connectivity index (χ1) is 14.2. The fraction of sp³-hybridized carbons (Fsp3) is 0.833. The zero-order valence-corrected chi connectivity index (χ0v) is 18.1. The molecule has 2 saturated heterocycles. The third-order valence-corrected chi connectivity index (χ3v) is 6.27. The van der Waals surface area contributed by atoms with Gasteiger partial charge in [-0.2, -0.15) is 0 Å². The highest BCUT2D eigenvalue weighted by Gasteiger charge is 2.38. The van der Waals surface area contributed by atoms with Crippen LogP contribution in [0.15, 0.2) is 24.3 Å². The molecule has 0 amide bonds. The average molecular weight is 409 g/mol. The molecule has 0 aromatic carbocycles. The summed E-state index contributed by atoms with van der Waals surface area (Å²) < 4.78 is 24.0. The van der Waals surface area contributed by atoms with Crippen molar-refractivity contribution in [3.8, 4) is 0 Å². The van der Waals surface area contributed by atoms with Gasteiger partial charge in [0.25, 0.3) is 0 Å². The molecule has 2 aliphatic heterocycles. The van der Waals surface area contributed by atoms with E-state index in [1.165, 1.54) is 19.3 Å². The highest BCUT2D eigenvalue weighted by atomic mass is 16.7. The summed E-state index contributed by atoms with van der Waals surface area (Å²) in [5.74, 6) is 0.0000703. The van der Waals surface area contributed by atoms with Crippen LogP contribution in [0, 0.1) is 5.92 Å². The second-order valence-corrected chi connectivity index (χ2v) is 8.67. The van der Waals surface area contributed by atoms with Crippen molar-refractivity contribution in [2.24, 2.45) is 5.92 Å². The van der Waals surface area contributed by atoms with E-state index in [4.69, 9.17) is 18.9 Å². The molecule has 1 aliphatic carbocycles. The fourth-order valence-electron chi connectivity index (χ4n) is 4.44. The van der Waals surface area contributed by atoms with E-state index >= 15 is 0 Å². The van der Waals surface area contributed by atoms with E-state index in [-0.39, 0.29) is 30.7 Å². The highest BCUT2D eigenvalue weighted by molar-refractivity contribution is 5.23. The van der Waals surface area contributed by atoms with Crippen molar-refractivity contribution >= 4 is 0 Å². The van der Waals surface area contributed by atoms with Crippen LogP contribution in [0.25, 0.3) is 0 Å². The highest BCUT2D eigenvalue weighted by Crippen LogP contribution is 2.36. The Labute approximate surface area is 176 Å². The fourth-order valence-corrected chi connectivity index (χ4v) is 4.44. The minimum Gasteiger partial charge on any atom is -0.389 e. The second-order valence-electron chi connectivity index (χ2n) is 8.67. The van der Waals surface area contributed by atoms with Gasteiger partial charge >= 0.3 is 0 Å². The van der Waals surface area contributed by atoms with Gasteiger partial charge in [-0.1, -0.05) is 44.9 Å². The van der Waals surface area contributed by atoms with Crippen molar-refractivity contribution in [1.82, 2.24) is 0 Å². The van der Waals surface area contributed by atoms with E-state index in [1.807, 2.05) is 0 Å². The number of unbranched alkanes of at least 4 members (excludes halogenated alkanes) is 2. The second kappa shape index (κ2) is 12.2. The van der Waals surface area contributed by atoms with Crippen LogP contribution in [0.2, 0.25) is 0 Å². The van der Waals surface area contributed by atoms with E-state index < -0.39 is 6.10 Å². The maximum atomic E-state index is 10.4. The third-order valence-electron chi connectivity index (χ3n) is 6.27. The van der Waals surface area contributed by atoms with E-state index in [0.717, 1.165) is 63.7 Å². The van der Waals surface area contributed by atoms with Gasteiger partial charge in [0.05, 0.1) is 18.3 Å². The average Bonchev–Trinajstić information content (AvgIpc) is 3.00. The normalized spacial score (nSPS) is 34.7. The van der Waals surface area contributed by atoms with Gasteiger partial charge in [-0.15, -0.1) is 0 Å². The Morgan fingerprint density at radius 3 is 2.48 bits per heavy atom. The molecule has 3 aliphatic rings. The molecule has 0 bridgehead atoms. The summed E-state index contributed by atoms with van der Waals surface area (Å²) in [5, 5.41) is 10.4. The van der Waals surface area contributed by atoms with Crippen LogP contribution in [0.5, 0.6) is 0 Å². The standard InChI is InChI=1S/C24H40O5/c1-3-4-5-10-19(28-23-11-6-8-15-26-23)13-14-20-18(2)21(25)17-22(20)29-24-12-7-9-16-27-24/h13-14,19-25H,2-12,15-17H2,1H3/t19-,20+,21+,22+,23?,24?/m0/s1. The molecule has 2 heterocycles. The van der Waals surface area contributed by atoms with Crippen LogP contribution < -0.4 is 0 Å².